The van der Waals surface area contributed by atoms with Gasteiger partial charge in [0.2, 0.25) is 0 Å². The van der Waals surface area contributed by atoms with Gasteiger partial charge in [0.25, 0.3) is 0 Å². The van der Waals surface area contributed by atoms with Gasteiger partial charge in [0.1, 0.15) is 5.01 Å². The monoisotopic (exact) mass is 336 g/mol. The zero-order valence-electron chi connectivity index (χ0n) is 13.4. The first-order chi connectivity index (χ1) is 10.5. The lowest BCUT2D eigenvalue weighted by Crippen LogP contribution is -2.38. The van der Waals surface area contributed by atoms with Crippen LogP contribution in [0, 0.1) is 13.8 Å². The zero-order valence-corrected chi connectivity index (χ0v) is 14.9. The number of hydrogen-bond donors (Lipinski definition) is 1. The van der Waals surface area contributed by atoms with Crippen molar-refractivity contribution in [1.82, 2.24) is 15.2 Å². The molecule has 118 valence electrons. The van der Waals surface area contributed by atoms with E-state index in [9.17, 15) is 0 Å². The van der Waals surface area contributed by atoms with Gasteiger partial charge >= 0.3 is 0 Å². The molecule has 0 aliphatic heterocycles. The Morgan fingerprint density at radius 2 is 2.18 bits per heavy atom. The average molecular weight is 337 g/mol. The Morgan fingerprint density at radius 3 is 2.77 bits per heavy atom. The number of benzene rings is 1. The van der Waals surface area contributed by atoms with Crippen molar-refractivity contribution in [1.29, 1.82) is 0 Å². The molecule has 0 aliphatic rings. The van der Waals surface area contributed by atoms with Crippen molar-refractivity contribution in [2.24, 2.45) is 4.99 Å². The third-order valence-electron chi connectivity index (χ3n) is 3.35. The number of aromatic nitrogens is 1. The highest BCUT2D eigenvalue weighted by Crippen LogP contribution is 2.16. The Labute approximate surface area is 140 Å². The molecule has 0 bridgehead atoms. The Bertz CT molecular complexity index is 646. The minimum atomic E-state index is 0.686. The van der Waals surface area contributed by atoms with E-state index in [1.807, 2.05) is 32.2 Å². The minimum Gasteiger partial charge on any atom is -0.350 e. The molecule has 22 heavy (non-hydrogen) atoms. The van der Waals surface area contributed by atoms with Gasteiger partial charge in [0.05, 0.1) is 12.2 Å². The topological polar surface area (TPSA) is 40.5 Å². The van der Waals surface area contributed by atoms with Crippen LogP contribution in [0.5, 0.6) is 0 Å². The molecule has 0 fully saturated rings. The summed E-state index contributed by atoms with van der Waals surface area (Å²) in [6.07, 6.45) is 0. The van der Waals surface area contributed by atoms with Crippen molar-refractivity contribution in [3.05, 3.63) is 50.4 Å². The van der Waals surface area contributed by atoms with Crippen LogP contribution in [-0.4, -0.2) is 29.9 Å². The van der Waals surface area contributed by atoms with E-state index in [4.69, 9.17) is 11.6 Å². The molecular formula is C16H21ClN4S. The maximum atomic E-state index is 6.03. The normalized spacial score (nSPS) is 11.6. The molecular weight excluding hydrogens is 316 g/mol. The van der Waals surface area contributed by atoms with E-state index in [2.05, 4.69) is 33.2 Å². The Hall–Kier alpha value is -1.59. The summed E-state index contributed by atoms with van der Waals surface area (Å²) < 4.78 is 0. The van der Waals surface area contributed by atoms with Crippen molar-refractivity contribution in [2.75, 3.05) is 14.1 Å². The SMILES string of the molecule is CN=C(NCc1nc(C)c(C)s1)N(C)Cc1cccc(Cl)c1. The number of halogens is 1. The van der Waals surface area contributed by atoms with Crippen LogP contribution in [0.25, 0.3) is 0 Å². The molecule has 1 aromatic heterocycles. The Morgan fingerprint density at radius 1 is 1.41 bits per heavy atom. The van der Waals surface area contributed by atoms with E-state index in [-0.39, 0.29) is 0 Å². The number of hydrogen-bond acceptors (Lipinski definition) is 3. The van der Waals surface area contributed by atoms with Gasteiger partial charge in [-0.2, -0.15) is 0 Å². The van der Waals surface area contributed by atoms with Gasteiger partial charge in [-0.15, -0.1) is 11.3 Å². The standard InChI is InChI=1S/C16H21ClN4S/c1-11-12(2)22-15(20-11)9-19-16(18-3)21(4)10-13-6-5-7-14(17)8-13/h5-8H,9-10H2,1-4H3,(H,18,19). The fourth-order valence-corrected chi connectivity index (χ4v) is 3.22. The van der Waals surface area contributed by atoms with E-state index in [1.54, 1.807) is 18.4 Å². The molecule has 6 heteroatoms. The second-order valence-corrected chi connectivity index (χ2v) is 6.86. The molecule has 1 heterocycles. The van der Waals surface area contributed by atoms with Gasteiger partial charge < -0.3 is 10.2 Å². The van der Waals surface area contributed by atoms with E-state index in [0.717, 1.165) is 33.8 Å². The summed E-state index contributed by atoms with van der Waals surface area (Å²) in [7, 11) is 3.80. The summed E-state index contributed by atoms with van der Waals surface area (Å²) in [6.45, 7) is 5.56. The first-order valence-electron chi connectivity index (χ1n) is 7.08. The average Bonchev–Trinajstić information content (AvgIpc) is 2.78. The number of nitrogens with one attached hydrogen (secondary N) is 1. The molecule has 0 amide bonds. The quantitative estimate of drug-likeness (QED) is 0.684. The molecule has 2 aromatic rings. The molecule has 0 saturated carbocycles. The van der Waals surface area contributed by atoms with Crippen LogP contribution in [0.1, 0.15) is 21.1 Å². The summed E-state index contributed by atoms with van der Waals surface area (Å²) in [5.41, 5.74) is 2.25. The Kier molecular flexibility index (Phi) is 5.80. The van der Waals surface area contributed by atoms with Gasteiger partial charge in [-0.1, -0.05) is 23.7 Å². The number of rotatable bonds is 4. The molecule has 2 rings (SSSR count). The lowest BCUT2D eigenvalue weighted by atomic mass is 10.2. The predicted molar refractivity (Wildman–Crippen MR) is 94.7 cm³/mol. The van der Waals surface area contributed by atoms with Crippen LogP contribution in [0.15, 0.2) is 29.3 Å². The molecule has 0 atom stereocenters. The summed E-state index contributed by atoms with van der Waals surface area (Å²) in [6, 6.07) is 7.87. The fraction of sp³-hybridized carbons (Fsp3) is 0.375. The molecule has 0 spiro atoms. The van der Waals surface area contributed by atoms with Crippen LogP contribution in [0.2, 0.25) is 5.02 Å². The van der Waals surface area contributed by atoms with E-state index >= 15 is 0 Å². The maximum absolute atomic E-state index is 6.03. The highest BCUT2D eigenvalue weighted by molar-refractivity contribution is 7.11. The van der Waals surface area contributed by atoms with Gasteiger partial charge in [0, 0.05) is 30.5 Å². The van der Waals surface area contributed by atoms with Crippen molar-refractivity contribution < 1.29 is 0 Å². The summed E-state index contributed by atoms with van der Waals surface area (Å²) in [5.74, 6) is 0.838. The second kappa shape index (κ2) is 7.61. The molecule has 1 aromatic carbocycles. The van der Waals surface area contributed by atoms with E-state index in [1.165, 1.54) is 4.88 Å². The van der Waals surface area contributed by atoms with Gasteiger partial charge in [-0.05, 0) is 31.5 Å². The highest BCUT2D eigenvalue weighted by Gasteiger charge is 2.09. The third-order valence-corrected chi connectivity index (χ3v) is 4.66. The summed E-state index contributed by atoms with van der Waals surface area (Å²) >= 11 is 7.75. The summed E-state index contributed by atoms with van der Waals surface area (Å²) in [5, 5.41) is 5.18. The highest BCUT2D eigenvalue weighted by atomic mass is 35.5. The molecule has 4 nitrogen and oxygen atoms in total. The molecule has 0 aliphatic carbocycles. The minimum absolute atomic E-state index is 0.686. The summed E-state index contributed by atoms with van der Waals surface area (Å²) in [4.78, 5) is 12.2. The first kappa shape index (κ1) is 16.8. The van der Waals surface area contributed by atoms with Crippen LogP contribution in [-0.2, 0) is 13.1 Å². The third kappa shape index (κ3) is 4.45. The van der Waals surface area contributed by atoms with Crippen LogP contribution in [0.3, 0.4) is 0 Å². The number of thiazole rings is 1. The van der Waals surface area contributed by atoms with Crippen molar-refractivity contribution in [3.63, 3.8) is 0 Å². The number of nitrogens with zero attached hydrogens (tertiary/aromatic N) is 3. The Balaban J connectivity index is 1.96. The lowest BCUT2D eigenvalue weighted by Gasteiger charge is -2.22. The maximum Gasteiger partial charge on any atom is 0.194 e. The van der Waals surface area contributed by atoms with Crippen molar-refractivity contribution in [2.45, 2.75) is 26.9 Å². The molecule has 1 N–H and O–H groups in total. The van der Waals surface area contributed by atoms with Gasteiger partial charge in [-0.3, -0.25) is 4.99 Å². The number of aliphatic imine (C=N–C) groups is 1. The number of aryl methyl sites for hydroxylation is 2. The van der Waals surface area contributed by atoms with Crippen molar-refractivity contribution >= 4 is 28.9 Å². The zero-order chi connectivity index (χ0) is 16.1. The number of guanidine groups is 1. The van der Waals surface area contributed by atoms with E-state index < -0.39 is 0 Å². The van der Waals surface area contributed by atoms with Crippen LogP contribution < -0.4 is 5.32 Å². The predicted octanol–water partition coefficient (Wildman–Crippen LogP) is 3.62. The smallest absolute Gasteiger partial charge is 0.194 e. The fourth-order valence-electron chi connectivity index (χ4n) is 2.14. The van der Waals surface area contributed by atoms with Crippen LogP contribution in [0.4, 0.5) is 0 Å². The largest absolute Gasteiger partial charge is 0.350 e. The lowest BCUT2D eigenvalue weighted by molar-refractivity contribution is 0.476. The first-order valence-corrected chi connectivity index (χ1v) is 8.28. The molecule has 0 unspecified atom stereocenters. The van der Waals surface area contributed by atoms with Crippen LogP contribution >= 0.6 is 22.9 Å². The molecule has 0 saturated heterocycles. The van der Waals surface area contributed by atoms with Gasteiger partial charge in [0.15, 0.2) is 5.96 Å². The second-order valence-electron chi connectivity index (χ2n) is 5.14. The van der Waals surface area contributed by atoms with Gasteiger partial charge in [-0.25, -0.2) is 4.98 Å². The molecule has 0 radical (unpaired) electrons. The van der Waals surface area contributed by atoms with E-state index in [0.29, 0.717) is 6.54 Å². The van der Waals surface area contributed by atoms with Crippen molar-refractivity contribution in [3.8, 4) is 0 Å².